The van der Waals surface area contributed by atoms with Crippen molar-refractivity contribution in [2.45, 2.75) is 32.3 Å². The van der Waals surface area contributed by atoms with Gasteiger partial charge in [-0.25, -0.2) is 9.50 Å². The first kappa shape index (κ1) is 11.5. The minimum Gasteiger partial charge on any atom is -0.393 e. The van der Waals surface area contributed by atoms with Crippen molar-refractivity contribution in [2.24, 2.45) is 5.92 Å². The monoisotopic (exact) mass is 246 g/mol. The Balaban J connectivity index is 1.74. The molecule has 96 valence electrons. The van der Waals surface area contributed by atoms with E-state index in [2.05, 4.69) is 15.4 Å². The molecule has 0 radical (unpaired) electrons. The predicted molar refractivity (Wildman–Crippen MR) is 69.6 cm³/mol. The van der Waals surface area contributed by atoms with Crippen molar-refractivity contribution in [2.75, 3.05) is 11.9 Å². The Morgan fingerprint density at radius 1 is 1.50 bits per heavy atom. The maximum absolute atomic E-state index is 9.51. The van der Waals surface area contributed by atoms with Crippen molar-refractivity contribution < 1.29 is 5.11 Å². The number of hydrogen-bond acceptors (Lipinski definition) is 4. The first-order chi connectivity index (χ1) is 8.72. The molecule has 2 unspecified atom stereocenters. The molecule has 5 nitrogen and oxygen atoms in total. The van der Waals surface area contributed by atoms with Crippen LogP contribution in [0.3, 0.4) is 0 Å². The van der Waals surface area contributed by atoms with Gasteiger partial charge in [-0.15, -0.1) is 0 Å². The zero-order chi connectivity index (χ0) is 12.5. The van der Waals surface area contributed by atoms with Gasteiger partial charge in [0.15, 0.2) is 5.82 Å². The molecule has 0 saturated heterocycles. The molecule has 1 fully saturated rings. The van der Waals surface area contributed by atoms with Crippen LogP contribution in [0.2, 0.25) is 0 Å². The molecule has 18 heavy (non-hydrogen) atoms. The number of anilines is 1. The van der Waals surface area contributed by atoms with Gasteiger partial charge in [0.25, 0.3) is 0 Å². The second kappa shape index (κ2) is 4.57. The Morgan fingerprint density at radius 3 is 3.17 bits per heavy atom. The van der Waals surface area contributed by atoms with E-state index in [1.165, 1.54) is 0 Å². The van der Waals surface area contributed by atoms with Crippen LogP contribution in [-0.2, 0) is 0 Å². The molecule has 0 aromatic carbocycles. The quantitative estimate of drug-likeness (QED) is 0.863. The molecule has 2 heterocycles. The summed E-state index contributed by atoms with van der Waals surface area (Å²) in [5.74, 6) is 1.42. The number of nitrogens with one attached hydrogen (secondary N) is 1. The lowest BCUT2D eigenvalue weighted by Crippen LogP contribution is -2.14. The molecule has 2 atom stereocenters. The fourth-order valence-corrected chi connectivity index (χ4v) is 2.66. The molecule has 0 spiro atoms. The van der Waals surface area contributed by atoms with Crippen molar-refractivity contribution in [1.82, 2.24) is 14.6 Å². The van der Waals surface area contributed by atoms with E-state index in [0.29, 0.717) is 5.92 Å². The molecule has 0 amide bonds. The van der Waals surface area contributed by atoms with Crippen LogP contribution < -0.4 is 5.32 Å². The zero-order valence-electron chi connectivity index (χ0n) is 10.5. The Bertz CT molecular complexity index is 551. The van der Waals surface area contributed by atoms with E-state index in [4.69, 9.17) is 0 Å². The van der Waals surface area contributed by atoms with Crippen LogP contribution in [0.4, 0.5) is 5.82 Å². The second-order valence-electron chi connectivity index (χ2n) is 5.11. The van der Waals surface area contributed by atoms with Gasteiger partial charge in [0.05, 0.1) is 11.8 Å². The third-order valence-electron chi connectivity index (χ3n) is 3.58. The molecule has 2 aromatic rings. The van der Waals surface area contributed by atoms with E-state index < -0.39 is 0 Å². The van der Waals surface area contributed by atoms with Crippen LogP contribution in [0.5, 0.6) is 0 Å². The van der Waals surface area contributed by atoms with Crippen LogP contribution in [0.1, 0.15) is 25.0 Å². The highest BCUT2D eigenvalue weighted by Gasteiger charge is 2.22. The fourth-order valence-electron chi connectivity index (χ4n) is 2.66. The predicted octanol–water partition coefficient (Wildman–Crippen LogP) is 1.61. The third kappa shape index (κ3) is 2.18. The molecule has 0 bridgehead atoms. The molecule has 2 aromatic heterocycles. The Hall–Kier alpha value is -1.62. The van der Waals surface area contributed by atoms with Gasteiger partial charge in [-0.3, -0.25) is 0 Å². The SMILES string of the molecule is Cc1cc2c(NCC3CCC(O)C3)nccn2n1. The lowest BCUT2D eigenvalue weighted by molar-refractivity contribution is 0.178. The normalized spacial score (nSPS) is 23.7. The number of fused-ring (bicyclic) bond motifs is 1. The lowest BCUT2D eigenvalue weighted by atomic mass is 10.1. The van der Waals surface area contributed by atoms with Crippen LogP contribution in [0.15, 0.2) is 18.5 Å². The van der Waals surface area contributed by atoms with Crippen molar-refractivity contribution in [3.63, 3.8) is 0 Å². The molecule has 2 N–H and O–H groups in total. The average Bonchev–Trinajstić information content (AvgIpc) is 2.91. The minimum atomic E-state index is -0.113. The van der Waals surface area contributed by atoms with E-state index in [1.54, 1.807) is 6.20 Å². The number of rotatable bonds is 3. The molecule has 5 heteroatoms. The molecule has 1 aliphatic rings. The standard InChI is InChI=1S/C13H18N4O/c1-9-6-12-13(14-4-5-17(12)16-9)15-8-10-2-3-11(18)7-10/h4-6,10-11,18H,2-3,7-8H2,1H3,(H,14,15). The maximum atomic E-state index is 9.51. The Labute approximate surface area is 106 Å². The zero-order valence-corrected chi connectivity index (χ0v) is 10.5. The molecule has 1 aliphatic carbocycles. The highest BCUT2D eigenvalue weighted by molar-refractivity contribution is 5.67. The molecular weight excluding hydrogens is 228 g/mol. The Kier molecular flexibility index (Phi) is 2.91. The fraction of sp³-hybridized carbons (Fsp3) is 0.538. The highest BCUT2D eigenvalue weighted by atomic mass is 16.3. The number of aliphatic hydroxyl groups excluding tert-OH is 1. The first-order valence-electron chi connectivity index (χ1n) is 6.45. The smallest absolute Gasteiger partial charge is 0.152 e. The number of hydrogen-bond donors (Lipinski definition) is 2. The highest BCUT2D eigenvalue weighted by Crippen LogP contribution is 2.26. The van der Waals surface area contributed by atoms with Crippen LogP contribution in [0, 0.1) is 12.8 Å². The van der Waals surface area contributed by atoms with Gasteiger partial charge in [-0.1, -0.05) is 0 Å². The van der Waals surface area contributed by atoms with Gasteiger partial charge >= 0.3 is 0 Å². The van der Waals surface area contributed by atoms with Gasteiger partial charge in [-0.05, 0) is 38.2 Å². The summed E-state index contributed by atoms with van der Waals surface area (Å²) in [6.07, 6.45) is 6.41. The summed E-state index contributed by atoms with van der Waals surface area (Å²) in [7, 11) is 0. The van der Waals surface area contributed by atoms with Crippen molar-refractivity contribution in [3.05, 3.63) is 24.2 Å². The topological polar surface area (TPSA) is 62.5 Å². The largest absolute Gasteiger partial charge is 0.393 e. The van der Waals surface area contributed by atoms with E-state index in [9.17, 15) is 5.11 Å². The first-order valence-corrected chi connectivity index (χ1v) is 6.45. The Morgan fingerprint density at radius 2 is 2.39 bits per heavy atom. The van der Waals surface area contributed by atoms with Gasteiger partial charge < -0.3 is 10.4 Å². The third-order valence-corrected chi connectivity index (χ3v) is 3.58. The number of nitrogens with zero attached hydrogens (tertiary/aromatic N) is 3. The minimum absolute atomic E-state index is 0.113. The second-order valence-corrected chi connectivity index (χ2v) is 5.11. The van der Waals surface area contributed by atoms with Crippen molar-refractivity contribution in [3.8, 4) is 0 Å². The van der Waals surface area contributed by atoms with E-state index in [0.717, 1.165) is 42.8 Å². The van der Waals surface area contributed by atoms with Crippen LogP contribution in [0.25, 0.3) is 5.52 Å². The lowest BCUT2D eigenvalue weighted by Gasteiger charge is -2.11. The summed E-state index contributed by atoms with van der Waals surface area (Å²) in [6.45, 7) is 2.85. The molecule has 3 rings (SSSR count). The van der Waals surface area contributed by atoms with Gasteiger partial charge in [0, 0.05) is 18.9 Å². The average molecular weight is 246 g/mol. The summed E-state index contributed by atoms with van der Waals surface area (Å²) >= 11 is 0. The summed E-state index contributed by atoms with van der Waals surface area (Å²) in [4.78, 5) is 4.37. The molecule has 0 aliphatic heterocycles. The van der Waals surface area contributed by atoms with Crippen LogP contribution >= 0.6 is 0 Å². The summed E-state index contributed by atoms with van der Waals surface area (Å²) in [6, 6.07) is 2.03. The van der Waals surface area contributed by atoms with E-state index in [-0.39, 0.29) is 6.10 Å². The van der Waals surface area contributed by atoms with Gasteiger partial charge in [0.2, 0.25) is 0 Å². The van der Waals surface area contributed by atoms with Crippen LogP contribution in [-0.4, -0.2) is 32.4 Å². The van der Waals surface area contributed by atoms with Gasteiger partial charge in [0.1, 0.15) is 5.52 Å². The van der Waals surface area contributed by atoms with E-state index in [1.807, 2.05) is 23.7 Å². The number of aryl methyl sites for hydroxylation is 1. The molecular formula is C13H18N4O. The summed E-state index contributed by atoms with van der Waals surface area (Å²) in [5.41, 5.74) is 2.00. The maximum Gasteiger partial charge on any atom is 0.152 e. The number of aliphatic hydroxyl groups is 1. The summed E-state index contributed by atoms with van der Waals surface area (Å²) in [5, 5.41) is 17.3. The van der Waals surface area contributed by atoms with Crippen molar-refractivity contribution in [1.29, 1.82) is 0 Å². The summed E-state index contributed by atoms with van der Waals surface area (Å²) < 4.78 is 1.84. The van der Waals surface area contributed by atoms with E-state index >= 15 is 0 Å². The molecule has 1 saturated carbocycles. The van der Waals surface area contributed by atoms with Crippen molar-refractivity contribution >= 4 is 11.3 Å². The van der Waals surface area contributed by atoms with Gasteiger partial charge in [-0.2, -0.15) is 5.10 Å². The number of aromatic nitrogens is 3.